The van der Waals surface area contributed by atoms with E-state index in [1.165, 1.54) is 6.08 Å². The molecule has 0 radical (unpaired) electrons. The molecule has 0 heterocycles. The number of rotatable bonds is 7. The normalized spacial score (nSPS) is 11.5. The van der Waals surface area contributed by atoms with Gasteiger partial charge in [-0.25, -0.2) is 9.59 Å². The lowest BCUT2D eigenvalue weighted by atomic mass is 10.2. The molecule has 1 atom stereocenters. The van der Waals surface area contributed by atoms with Gasteiger partial charge in [0.05, 0.1) is 7.11 Å². The lowest BCUT2D eigenvalue weighted by molar-refractivity contribution is -0.136. The van der Waals surface area contributed by atoms with E-state index in [-0.39, 0.29) is 18.5 Å². The molecule has 0 aliphatic carbocycles. The Morgan fingerprint density at radius 2 is 2.00 bits per heavy atom. The number of esters is 1. The second-order valence-electron chi connectivity index (χ2n) is 4.10. The molecule has 1 aromatic rings. The van der Waals surface area contributed by atoms with E-state index in [0.29, 0.717) is 0 Å². The molecular formula is C14H17NO6P+. The van der Waals surface area contributed by atoms with Crippen molar-refractivity contribution in [2.45, 2.75) is 6.61 Å². The van der Waals surface area contributed by atoms with Gasteiger partial charge in [-0.15, -0.1) is 0 Å². The summed E-state index contributed by atoms with van der Waals surface area (Å²) in [5, 5.41) is 10.9. The average molecular weight is 326 g/mol. The minimum Gasteiger partial charge on any atom is -0.464 e. The quantitative estimate of drug-likeness (QED) is 0.450. The number of ether oxygens (including phenoxy) is 2. The molecule has 2 N–H and O–H groups in total. The number of nitrogens with one attached hydrogen (secondary N) is 1. The van der Waals surface area contributed by atoms with Gasteiger partial charge in [0.15, 0.2) is 6.16 Å². The van der Waals surface area contributed by atoms with Crippen molar-refractivity contribution in [1.82, 2.24) is 5.32 Å². The summed E-state index contributed by atoms with van der Waals surface area (Å²) in [4.78, 5) is 23.2. The Labute approximate surface area is 128 Å². The summed E-state index contributed by atoms with van der Waals surface area (Å²) in [6.07, 6.45) is -0.168. The lowest BCUT2D eigenvalue weighted by Crippen LogP contribution is -2.28. The van der Waals surface area contributed by atoms with Gasteiger partial charge in [0, 0.05) is 0 Å². The van der Waals surface area contributed by atoms with Crippen molar-refractivity contribution in [2.75, 3.05) is 19.6 Å². The van der Waals surface area contributed by atoms with Crippen molar-refractivity contribution in [1.29, 1.82) is 0 Å². The van der Waals surface area contributed by atoms with Crippen molar-refractivity contribution >= 4 is 19.9 Å². The molecule has 0 saturated heterocycles. The number of amides is 1. The zero-order chi connectivity index (χ0) is 16.4. The number of benzene rings is 1. The van der Waals surface area contributed by atoms with Crippen LogP contribution in [0, 0.1) is 0 Å². The highest BCUT2D eigenvalue weighted by molar-refractivity contribution is 7.44. The Kier molecular flexibility index (Phi) is 7.81. The molecule has 0 bridgehead atoms. The first-order chi connectivity index (χ1) is 10.6. The molecule has 0 saturated carbocycles. The molecule has 1 unspecified atom stereocenters. The van der Waals surface area contributed by atoms with Gasteiger partial charge in [0.1, 0.15) is 12.3 Å². The van der Waals surface area contributed by atoms with Crippen LogP contribution >= 0.6 is 7.80 Å². The van der Waals surface area contributed by atoms with Crippen molar-refractivity contribution in [2.24, 2.45) is 0 Å². The van der Waals surface area contributed by atoms with E-state index in [4.69, 9.17) is 9.84 Å². The maximum Gasteiger partial charge on any atom is 0.412 e. The first-order valence-electron chi connectivity index (χ1n) is 6.36. The van der Waals surface area contributed by atoms with Crippen molar-refractivity contribution in [3.8, 4) is 0 Å². The molecule has 118 valence electrons. The Hall–Kier alpha value is -2.24. The van der Waals surface area contributed by atoms with Crippen molar-refractivity contribution < 1.29 is 28.7 Å². The predicted octanol–water partition coefficient (Wildman–Crippen LogP) is 1.75. The van der Waals surface area contributed by atoms with Gasteiger partial charge in [-0.05, 0) is 11.6 Å². The fourth-order valence-corrected chi connectivity index (χ4v) is 1.92. The van der Waals surface area contributed by atoms with Crippen LogP contribution in [-0.2, 0) is 25.4 Å². The van der Waals surface area contributed by atoms with E-state index in [1.807, 2.05) is 18.2 Å². The Morgan fingerprint density at radius 3 is 2.59 bits per heavy atom. The Morgan fingerprint density at radius 1 is 1.32 bits per heavy atom. The summed E-state index contributed by atoms with van der Waals surface area (Å²) >= 11 is 0. The highest BCUT2D eigenvalue weighted by atomic mass is 31.1. The number of methoxy groups -OCH3 is 1. The molecular weight excluding hydrogens is 309 g/mol. The highest BCUT2D eigenvalue weighted by Crippen LogP contribution is 2.18. The minimum absolute atomic E-state index is 0.0476. The van der Waals surface area contributed by atoms with Gasteiger partial charge in [-0.2, -0.15) is 0 Å². The number of carbonyl (C=O) groups excluding carboxylic acids is 2. The largest absolute Gasteiger partial charge is 0.464 e. The molecule has 22 heavy (non-hydrogen) atoms. The number of carbonyl (C=O) groups is 2. The molecule has 0 aliphatic rings. The average Bonchev–Trinajstić information content (AvgIpc) is 2.56. The summed E-state index contributed by atoms with van der Waals surface area (Å²) in [5.41, 5.74) is 0.613. The smallest absolute Gasteiger partial charge is 0.412 e. The fraction of sp³-hybridized carbons (Fsp3) is 0.286. The number of hydrogen-bond donors (Lipinski definition) is 2. The van der Waals surface area contributed by atoms with E-state index in [9.17, 15) is 14.2 Å². The van der Waals surface area contributed by atoms with Crippen molar-refractivity contribution in [3.63, 3.8) is 0 Å². The SMILES string of the molecule is COC(=O)/C(=C/C[P+](=O)CO)NC(=O)OCc1ccccc1. The number of alkyl carbamates (subject to hydrolysis) is 1. The Balaban J connectivity index is 2.59. The number of aliphatic hydroxyl groups excluding tert-OH is 1. The first-order valence-corrected chi connectivity index (χ1v) is 7.99. The van der Waals surface area contributed by atoms with E-state index >= 15 is 0 Å². The maximum absolute atomic E-state index is 11.7. The number of allylic oxidation sites excluding steroid dienone is 1. The molecule has 1 amide bonds. The van der Waals surface area contributed by atoms with Gasteiger partial charge in [0.25, 0.3) is 0 Å². The van der Waals surface area contributed by atoms with Crippen LogP contribution in [0.4, 0.5) is 4.79 Å². The van der Waals surface area contributed by atoms with Crippen LogP contribution in [0.5, 0.6) is 0 Å². The summed E-state index contributed by atoms with van der Waals surface area (Å²) in [7, 11) is -0.728. The summed E-state index contributed by atoms with van der Waals surface area (Å²) in [6.45, 7) is 0.0476. The summed E-state index contributed by atoms with van der Waals surface area (Å²) in [6, 6.07) is 9.03. The molecule has 8 heteroatoms. The van der Waals surface area contributed by atoms with Gasteiger partial charge in [0.2, 0.25) is 6.35 Å². The third-order valence-corrected chi connectivity index (χ3v) is 3.42. The topological polar surface area (TPSA) is 102 Å². The van der Waals surface area contributed by atoms with Gasteiger partial charge < -0.3 is 14.6 Å². The molecule has 1 aromatic carbocycles. The molecule has 1 rings (SSSR count). The summed E-state index contributed by atoms with van der Waals surface area (Å²) in [5.74, 6) is -0.794. The van der Waals surface area contributed by atoms with E-state index in [2.05, 4.69) is 10.1 Å². The minimum atomic E-state index is -1.88. The standard InChI is InChI=1S/C14H16NO6P/c1-20-13(17)12(7-8-22(19)10-16)15-14(18)21-9-11-5-3-2-4-6-11/h2-7,16H,8-10H2,1H3/p+1/b12-7-. The number of aliphatic hydroxyl groups is 1. The van der Waals surface area contributed by atoms with Crippen LogP contribution in [0.25, 0.3) is 0 Å². The molecule has 0 aliphatic heterocycles. The summed E-state index contributed by atoms with van der Waals surface area (Å²) < 4.78 is 20.7. The van der Waals surface area contributed by atoms with E-state index in [1.54, 1.807) is 12.1 Å². The van der Waals surface area contributed by atoms with E-state index < -0.39 is 26.2 Å². The zero-order valence-electron chi connectivity index (χ0n) is 12.0. The Bertz CT molecular complexity index is 558. The highest BCUT2D eigenvalue weighted by Gasteiger charge is 2.18. The van der Waals surface area contributed by atoms with Crippen LogP contribution in [0.15, 0.2) is 42.1 Å². The van der Waals surface area contributed by atoms with E-state index in [0.717, 1.165) is 12.7 Å². The van der Waals surface area contributed by atoms with Crippen LogP contribution < -0.4 is 5.32 Å². The first kappa shape index (κ1) is 17.8. The molecule has 7 nitrogen and oxygen atoms in total. The maximum atomic E-state index is 11.7. The third kappa shape index (κ3) is 6.47. The zero-order valence-corrected chi connectivity index (χ0v) is 12.9. The molecule has 0 fully saturated rings. The van der Waals surface area contributed by atoms with Gasteiger partial charge >= 0.3 is 19.9 Å². The van der Waals surface area contributed by atoms with Crippen LogP contribution in [0.1, 0.15) is 5.56 Å². The van der Waals surface area contributed by atoms with Gasteiger partial charge in [-0.1, -0.05) is 34.9 Å². The van der Waals surface area contributed by atoms with Crippen LogP contribution in [-0.4, -0.2) is 36.8 Å². The second kappa shape index (κ2) is 9.65. The second-order valence-corrected chi connectivity index (χ2v) is 5.71. The molecule has 0 aromatic heterocycles. The lowest BCUT2D eigenvalue weighted by Gasteiger charge is -2.08. The van der Waals surface area contributed by atoms with Gasteiger partial charge in [-0.3, -0.25) is 5.32 Å². The monoisotopic (exact) mass is 326 g/mol. The van der Waals surface area contributed by atoms with Crippen molar-refractivity contribution in [3.05, 3.63) is 47.7 Å². The molecule has 0 spiro atoms. The fourth-order valence-electron chi connectivity index (χ4n) is 1.42. The predicted molar refractivity (Wildman–Crippen MR) is 79.4 cm³/mol. The third-order valence-electron chi connectivity index (χ3n) is 2.51. The van der Waals surface area contributed by atoms with Crippen LogP contribution in [0.3, 0.4) is 0 Å². The van der Waals surface area contributed by atoms with Crippen LogP contribution in [0.2, 0.25) is 0 Å². The number of hydrogen-bond acceptors (Lipinski definition) is 6.